The molecule has 96 valence electrons. The zero-order valence-electron chi connectivity index (χ0n) is 10.2. The minimum Gasteiger partial charge on any atom is -0.396 e. The third-order valence-corrected chi connectivity index (χ3v) is 2.87. The first-order valence-electron chi connectivity index (χ1n) is 5.50. The highest BCUT2D eigenvalue weighted by Gasteiger charge is 2.24. The maximum absolute atomic E-state index is 9.23. The number of aliphatic hydroxyl groups excluding tert-OH is 2. The topological polar surface area (TPSA) is 56.6 Å². The highest BCUT2D eigenvalue weighted by molar-refractivity contribution is 6.29. The molecule has 0 saturated heterocycles. The maximum atomic E-state index is 9.23. The summed E-state index contributed by atoms with van der Waals surface area (Å²) in [7, 11) is 1.94. The fraction of sp³-hybridized carbons (Fsp3) is 0.583. The van der Waals surface area contributed by atoms with Gasteiger partial charge in [-0.15, -0.1) is 0 Å². The second kappa shape index (κ2) is 6.31. The molecule has 0 aliphatic rings. The highest BCUT2D eigenvalue weighted by Crippen LogP contribution is 2.17. The number of aromatic nitrogens is 1. The zero-order valence-corrected chi connectivity index (χ0v) is 11.0. The first kappa shape index (κ1) is 14.4. The maximum Gasteiger partial charge on any atom is 0.129 e. The summed E-state index contributed by atoms with van der Waals surface area (Å²) in [4.78, 5) is 5.96. The fourth-order valence-corrected chi connectivity index (χ4v) is 1.91. The number of pyridine rings is 1. The molecule has 0 bridgehead atoms. The van der Waals surface area contributed by atoms with Crippen LogP contribution in [0.4, 0.5) is 0 Å². The summed E-state index contributed by atoms with van der Waals surface area (Å²) in [5.74, 6) is 0. The third-order valence-electron chi connectivity index (χ3n) is 2.66. The van der Waals surface area contributed by atoms with Gasteiger partial charge in [0.05, 0.1) is 13.2 Å². The third kappa shape index (κ3) is 4.60. The molecule has 4 nitrogen and oxygen atoms in total. The molecule has 0 aliphatic carbocycles. The van der Waals surface area contributed by atoms with E-state index in [0.717, 1.165) is 5.56 Å². The molecule has 0 fully saturated rings. The van der Waals surface area contributed by atoms with Crippen LogP contribution in [0.1, 0.15) is 12.5 Å². The molecular weight excluding hydrogens is 240 g/mol. The lowest BCUT2D eigenvalue weighted by molar-refractivity contribution is 0.0402. The van der Waals surface area contributed by atoms with Crippen molar-refractivity contribution >= 4 is 11.6 Å². The van der Waals surface area contributed by atoms with Crippen LogP contribution in [-0.4, -0.2) is 46.9 Å². The monoisotopic (exact) mass is 258 g/mol. The summed E-state index contributed by atoms with van der Waals surface area (Å²) in [6, 6.07) is 3.71. The normalized spacial score (nSPS) is 12.1. The van der Waals surface area contributed by atoms with Crippen molar-refractivity contribution in [3.63, 3.8) is 0 Å². The van der Waals surface area contributed by atoms with E-state index < -0.39 is 5.41 Å². The molecule has 1 heterocycles. The average Bonchev–Trinajstić information content (AvgIpc) is 2.28. The van der Waals surface area contributed by atoms with Gasteiger partial charge in [0.25, 0.3) is 0 Å². The van der Waals surface area contributed by atoms with Gasteiger partial charge in [0, 0.05) is 24.7 Å². The SMILES string of the molecule is CN(Cc1ccnc(Cl)c1)CC(C)(CO)CO. The van der Waals surface area contributed by atoms with Crippen LogP contribution in [0.15, 0.2) is 18.3 Å². The van der Waals surface area contributed by atoms with Crippen LogP contribution >= 0.6 is 11.6 Å². The van der Waals surface area contributed by atoms with Crippen molar-refractivity contribution in [3.05, 3.63) is 29.0 Å². The van der Waals surface area contributed by atoms with Gasteiger partial charge < -0.3 is 15.1 Å². The Balaban J connectivity index is 2.58. The summed E-state index contributed by atoms with van der Waals surface area (Å²) in [5.41, 5.74) is 0.580. The van der Waals surface area contributed by atoms with Crippen LogP contribution < -0.4 is 0 Å². The molecule has 0 radical (unpaired) electrons. The van der Waals surface area contributed by atoms with E-state index in [1.807, 2.05) is 31.0 Å². The summed E-state index contributed by atoms with van der Waals surface area (Å²) < 4.78 is 0. The standard InChI is InChI=1S/C12H19ClN2O2/c1-12(8-16,9-17)7-15(2)6-10-3-4-14-11(13)5-10/h3-5,16-17H,6-9H2,1-2H3. The van der Waals surface area contributed by atoms with Gasteiger partial charge in [-0.05, 0) is 24.7 Å². The first-order chi connectivity index (χ1) is 7.99. The van der Waals surface area contributed by atoms with Crippen molar-refractivity contribution in [1.29, 1.82) is 0 Å². The van der Waals surface area contributed by atoms with Crippen molar-refractivity contribution in [1.82, 2.24) is 9.88 Å². The van der Waals surface area contributed by atoms with Gasteiger partial charge in [-0.25, -0.2) is 4.98 Å². The van der Waals surface area contributed by atoms with Gasteiger partial charge in [-0.3, -0.25) is 0 Å². The smallest absolute Gasteiger partial charge is 0.129 e. The van der Waals surface area contributed by atoms with Crippen LogP contribution in [0.25, 0.3) is 0 Å². The molecule has 0 unspecified atom stereocenters. The molecule has 2 N–H and O–H groups in total. The van der Waals surface area contributed by atoms with E-state index in [2.05, 4.69) is 4.98 Å². The van der Waals surface area contributed by atoms with E-state index in [1.165, 1.54) is 0 Å². The Labute approximate surface area is 107 Å². The molecule has 0 spiro atoms. The highest BCUT2D eigenvalue weighted by atomic mass is 35.5. The van der Waals surface area contributed by atoms with Crippen LogP contribution in [-0.2, 0) is 6.54 Å². The minimum atomic E-state index is -0.481. The Morgan fingerprint density at radius 2 is 2.06 bits per heavy atom. The second-order valence-corrected chi connectivity index (χ2v) is 5.17. The van der Waals surface area contributed by atoms with E-state index in [4.69, 9.17) is 11.6 Å². The zero-order chi connectivity index (χ0) is 12.9. The number of aliphatic hydroxyl groups is 2. The molecule has 0 amide bonds. The van der Waals surface area contributed by atoms with Gasteiger partial charge in [-0.1, -0.05) is 18.5 Å². The summed E-state index contributed by atoms with van der Waals surface area (Å²) >= 11 is 5.81. The quantitative estimate of drug-likeness (QED) is 0.752. The van der Waals surface area contributed by atoms with Crippen LogP contribution in [0.2, 0.25) is 5.15 Å². The van der Waals surface area contributed by atoms with Crippen molar-refractivity contribution in [2.75, 3.05) is 26.8 Å². The average molecular weight is 259 g/mol. The van der Waals surface area contributed by atoms with Crippen molar-refractivity contribution < 1.29 is 10.2 Å². The van der Waals surface area contributed by atoms with Crippen molar-refractivity contribution in [2.24, 2.45) is 5.41 Å². The summed E-state index contributed by atoms with van der Waals surface area (Å²) in [6.07, 6.45) is 1.67. The largest absolute Gasteiger partial charge is 0.396 e. The van der Waals surface area contributed by atoms with E-state index in [9.17, 15) is 10.2 Å². The molecule has 0 saturated carbocycles. The summed E-state index contributed by atoms with van der Waals surface area (Å²) in [5, 5.41) is 18.9. The predicted octanol–water partition coefficient (Wildman–Crippen LogP) is 1.16. The lowest BCUT2D eigenvalue weighted by Crippen LogP contribution is -2.38. The fourth-order valence-electron chi connectivity index (χ4n) is 1.71. The van der Waals surface area contributed by atoms with Gasteiger partial charge >= 0.3 is 0 Å². The minimum absolute atomic E-state index is 0.0368. The van der Waals surface area contributed by atoms with Crippen LogP contribution in [0.3, 0.4) is 0 Å². The van der Waals surface area contributed by atoms with E-state index in [-0.39, 0.29) is 13.2 Å². The summed E-state index contributed by atoms with van der Waals surface area (Å²) in [6.45, 7) is 3.09. The van der Waals surface area contributed by atoms with E-state index >= 15 is 0 Å². The lowest BCUT2D eigenvalue weighted by atomic mass is 9.92. The Kier molecular flexibility index (Phi) is 5.33. The number of halogens is 1. The molecule has 0 aliphatic heterocycles. The Morgan fingerprint density at radius 3 is 2.59 bits per heavy atom. The molecule has 0 atom stereocenters. The molecule has 17 heavy (non-hydrogen) atoms. The molecule has 1 aromatic heterocycles. The van der Waals surface area contributed by atoms with Gasteiger partial charge in [-0.2, -0.15) is 0 Å². The number of hydrogen-bond acceptors (Lipinski definition) is 4. The number of hydrogen-bond donors (Lipinski definition) is 2. The predicted molar refractivity (Wildman–Crippen MR) is 67.9 cm³/mol. The number of rotatable bonds is 6. The Hall–Kier alpha value is -0.680. The lowest BCUT2D eigenvalue weighted by Gasteiger charge is -2.30. The van der Waals surface area contributed by atoms with Crippen LogP contribution in [0.5, 0.6) is 0 Å². The molecular formula is C12H19ClN2O2. The van der Waals surface area contributed by atoms with Gasteiger partial charge in [0.15, 0.2) is 0 Å². The Morgan fingerprint density at radius 1 is 1.41 bits per heavy atom. The molecule has 1 aromatic rings. The van der Waals surface area contributed by atoms with Gasteiger partial charge in [0.1, 0.15) is 5.15 Å². The number of nitrogens with zero attached hydrogens (tertiary/aromatic N) is 2. The van der Waals surface area contributed by atoms with Gasteiger partial charge in [0.2, 0.25) is 0 Å². The molecule has 5 heteroatoms. The second-order valence-electron chi connectivity index (χ2n) is 4.79. The van der Waals surface area contributed by atoms with Crippen LogP contribution in [0, 0.1) is 5.41 Å². The Bertz CT molecular complexity index is 356. The van der Waals surface area contributed by atoms with E-state index in [1.54, 1.807) is 6.20 Å². The first-order valence-corrected chi connectivity index (χ1v) is 5.87. The van der Waals surface area contributed by atoms with Crippen molar-refractivity contribution in [3.8, 4) is 0 Å². The molecule has 0 aromatic carbocycles. The molecule has 1 rings (SSSR count). The van der Waals surface area contributed by atoms with E-state index in [0.29, 0.717) is 18.2 Å². The van der Waals surface area contributed by atoms with Crippen molar-refractivity contribution in [2.45, 2.75) is 13.5 Å².